The van der Waals surface area contributed by atoms with Crippen LogP contribution in [0.2, 0.25) is 0 Å². The number of nitrogens with two attached hydrogens (primary N) is 1. The standard InChI is InChI=1S/3C6H6O.C6H2.H2N2O.N2.2H2/c3*7-6-4-2-1-3-5-6;1-3-5-6-4-2;1-2-3;1-2;;/h3*1-5,7H;1-2H;(H2,1,3);;2*1H. The predicted molar refractivity (Wildman–Crippen MR) is 127 cm³/mol. The van der Waals surface area contributed by atoms with E-state index in [1.165, 1.54) is 0 Å². The Labute approximate surface area is 190 Å². The van der Waals surface area contributed by atoms with E-state index in [1.807, 2.05) is 18.2 Å². The van der Waals surface area contributed by atoms with E-state index < -0.39 is 0 Å². The van der Waals surface area contributed by atoms with Crippen LogP contribution in [0.5, 0.6) is 17.2 Å². The van der Waals surface area contributed by atoms with Crippen LogP contribution in [-0.4, -0.2) is 15.3 Å². The maximum Gasteiger partial charge on any atom is 0.115 e. The molecule has 3 rings (SSSR count). The van der Waals surface area contributed by atoms with Gasteiger partial charge < -0.3 is 15.3 Å². The Morgan fingerprint density at radius 3 is 0.938 bits per heavy atom. The number of rotatable bonds is 0. The minimum Gasteiger partial charge on any atom is -0.508 e. The third-order valence-corrected chi connectivity index (χ3v) is 2.48. The molecule has 0 radical (unpaired) electrons. The molecule has 0 unspecified atom stereocenters. The molecule has 0 heterocycles. The molecule has 0 fully saturated rings. The highest BCUT2D eigenvalue weighted by molar-refractivity contribution is 5.31. The number of phenols is 3. The van der Waals surface area contributed by atoms with Gasteiger partial charge in [-0.05, 0) is 60.1 Å². The molecule has 0 aliphatic carbocycles. The SMILES string of the molecule is C#CC#CC#C.N#N.NN=O.Oc1ccccc1.Oc1ccccc1.Oc1ccccc1.[HH].[HH]. The number of para-hydroxylation sites is 3. The van der Waals surface area contributed by atoms with Crippen LogP contribution in [0.4, 0.5) is 0 Å². The second-order valence-corrected chi connectivity index (χ2v) is 4.65. The summed E-state index contributed by atoms with van der Waals surface area (Å²) in [5.74, 6) is 13.5. The number of aromatic hydroxyl groups is 3. The highest BCUT2D eigenvalue weighted by Gasteiger charge is 1.76. The van der Waals surface area contributed by atoms with Gasteiger partial charge in [-0.25, -0.2) is 0 Å². The minimum atomic E-state index is 0. The van der Waals surface area contributed by atoms with E-state index in [-0.39, 0.29) is 2.85 Å². The van der Waals surface area contributed by atoms with Gasteiger partial charge in [-0.15, -0.1) is 17.8 Å². The molecule has 8 heteroatoms. The predicted octanol–water partition coefficient (Wildman–Crippen LogP) is 4.58. The number of phenolic OH excluding ortho intramolecular Hbond substituents is 3. The molecule has 0 bridgehead atoms. The Morgan fingerprint density at radius 1 is 0.656 bits per heavy atom. The van der Waals surface area contributed by atoms with Crippen LogP contribution in [-0.2, 0) is 0 Å². The third kappa shape index (κ3) is 29.3. The van der Waals surface area contributed by atoms with E-state index in [2.05, 4.69) is 29.5 Å². The highest BCUT2D eigenvalue weighted by atomic mass is 16.3. The van der Waals surface area contributed by atoms with Crippen molar-refractivity contribution in [1.82, 2.24) is 0 Å². The van der Waals surface area contributed by atoms with E-state index in [9.17, 15) is 0 Å². The fourth-order valence-corrected chi connectivity index (χ4v) is 1.36. The summed E-state index contributed by atoms with van der Waals surface area (Å²) in [6.07, 6.45) is 9.39. The van der Waals surface area contributed by atoms with Crippen molar-refractivity contribution in [2.45, 2.75) is 0 Å². The topological polar surface area (TPSA) is 164 Å². The van der Waals surface area contributed by atoms with Gasteiger partial charge in [-0.3, -0.25) is 5.84 Å². The van der Waals surface area contributed by atoms with Crippen molar-refractivity contribution in [2.75, 3.05) is 0 Å². The van der Waals surface area contributed by atoms with Crippen molar-refractivity contribution in [2.24, 2.45) is 11.1 Å². The van der Waals surface area contributed by atoms with Crippen molar-refractivity contribution in [3.63, 3.8) is 0 Å². The number of terminal acetylenes is 2. The molecule has 0 aromatic heterocycles. The van der Waals surface area contributed by atoms with E-state index >= 15 is 0 Å². The second kappa shape index (κ2) is 27.8. The third-order valence-electron chi connectivity index (χ3n) is 2.48. The lowest BCUT2D eigenvalue weighted by Gasteiger charge is -1.82. The number of hydrogen-bond donors (Lipinski definition) is 4. The number of benzene rings is 3. The highest BCUT2D eigenvalue weighted by Crippen LogP contribution is 2.04. The molecule has 0 saturated heterocycles. The molecule has 0 aliphatic rings. The summed E-state index contributed by atoms with van der Waals surface area (Å²) in [6.45, 7) is 0. The summed E-state index contributed by atoms with van der Waals surface area (Å²) in [6, 6.07) is 26.1. The van der Waals surface area contributed by atoms with Gasteiger partial charge in [-0.2, -0.15) is 0 Å². The fraction of sp³-hybridized carbons (Fsp3) is 0. The maximum absolute atomic E-state index is 8.63. The van der Waals surface area contributed by atoms with Crippen LogP contribution < -0.4 is 5.84 Å². The zero-order valence-electron chi connectivity index (χ0n) is 17.0. The molecule has 166 valence electrons. The molecule has 8 nitrogen and oxygen atoms in total. The number of hydrogen-bond acceptors (Lipinski definition) is 7. The molecule has 0 aliphatic heterocycles. The van der Waals surface area contributed by atoms with E-state index in [0.717, 1.165) is 0 Å². The summed E-state index contributed by atoms with van der Waals surface area (Å²) >= 11 is 0. The molecular formula is C24H26N4O4. The summed E-state index contributed by atoms with van der Waals surface area (Å²) in [4.78, 5) is 8.33. The molecule has 0 spiro atoms. The van der Waals surface area contributed by atoms with Crippen molar-refractivity contribution in [3.05, 3.63) is 95.9 Å². The van der Waals surface area contributed by atoms with Gasteiger partial charge >= 0.3 is 0 Å². The quantitative estimate of drug-likeness (QED) is 0.132. The molecule has 0 amide bonds. The molecular weight excluding hydrogens is 408 g/mol. The Morgan fingerprint density at radius 2 is 0.844 bits per heavy atom. The molecule has 32 heavy (non-hydrogen) atoms. The van der Waals surface area contributed by atoms with Gasteiger partial charge in [-0.1, -0.05) is 54.6 Å². The smallest absolute Gasteiger partial charge is 0.115 e. The molecule has 0 saturated carbocycles. The second-order valence-electron chi connectivity index (χ2n) is 4.65. The van der Waals surface area contributed by atoms with E-state index in [0.29, 0.717) is 17.2 Å². The Kier molecular flexibility index (Phi) is 27.1. The summed E-state index contributed by atoms with van der Waals surface area (Å²) in [7, 11) is 0. The minimum absolute atomic E-state index is 0. The molecule has 0 atom stereocenters. The van der Waals surface area contributed by atoms with Crippen LogP contribution >= 0.6 is 0 Å². The van der Waals surface area contributed by atoms with Crippen LogP contribution in [0.3, 0.4) is 0 Å². The van der Waals surface area contributed by atoms with Crippen LogP contribution in [0.25, 0.3) is 0 Å². The Bertz CT molecular complexity index is 874. The lowest BCUT2D eigenvalue weighted by molar-refractivity contribution is 0.475. The normalized spacial score (nSPS) is 6.62. The van der Waals surface area contributed by atoms with Gasteiger partial charge in [0.1, 0.15) is 17.2 Å². The zero-order chi connectivity index (χ0) is 24.9. The van der Waals surface area contributed by atoms with Crippen molar-refractivity contribution in [1.29, 1.82) is 10.8 Å². The maximum atomic E-state index is 8.63. The molecule has 5 N–H and O–H groups in total. The monoisotopic (exact) mass is 434 g/mol. The van der Waals surface area contributed by atoms with Crippen molar-refractivity contribution < 1.29 is 18.2 Å². The fourth-order valence-electron chi connectivity index (χ4n) is 1.36. The summed E-state index contributed by atoms with van der Waals surface area (Å²) in [5.41, 5.74) is 0. The van der Waals surface area contributed by atoms with Gasteiger partial charge in [0.25, 0.3) is 0 Å². The lowest BCUT2D eigenvalue weighted by atomic mass is 10.3. The van der Waals surface area contributed by atoms with Gasteiger partial charge in [0, 0.05) is 18.9 Å². The lowest BCUT2D eigenvalue weighted by Crippen LogP contribution is -1.66. The van der Waals surface area contributed by atoms with Crippen LogP contribution in [0.15, 0.2) is 96.3 Å². The van der Waals surface area contributed by atoms with Crippen LogP contribution in [0.1, 0.15) is 2.85 Å². The average Bonchev–Trinajstić information content (AvgIpc) is 2.82. The molecule has 3 aromatic carbocycles. The zero-order valence-corrected chi connectivity index (χ0v) is 17.0. The summed E-state index contributed by atoms with van der Waals surface area (Å²) in [5, 5.41) is 39.6. The average molecular weight is 434 g/mol. The van der Waals surface area contributed by atoms with Crippen molar-refractivity contribution >= 4 is 0 Å². The van der Waals surface area contributed by atoms with Gasteiger partial charge in [0.2, 0.25) is 0 Å². The number of nitroso groups, excluding NO2 is 1. The Hall–Kier alpha value is -5.44. The first-order valence-corrected chi connectivity index (χ1v) is 8.37. The number of nitrogens with zero attached hydrogens (tertiary/aromatic N) is 3. The van der Waals surface area contributed by atoms with E-state index in [1.54, 1.807) is 78.1 Å². The van der Waals surface area contributed by atoms with Crippen molar-refractivity contribution in [3.8, 4) is 53.8 Å². The largest absolute Gasteiger partial charge is 0.508 e. The first-order valence-electron chi connectivity index (χ1n) is 8.37. The van der Waals surface area contributed by atoms with E-state index in [4.69, 9.17) is 43.9 Å². The summed E-state index contributed by atoms with van der Waals surface area (Å²) < 4.78 is 0. The van der Waals surface area contributed by atoms with Crippen LogP contribution in [0, 0.1) is 52.2 Å². The first kappa shape index (κ1) is 31.3. The van der Waals surface area contributed by atoms with Gasteiger partial charge in [0.05, 0.1) is 0 Å². The molecule has 3 aromatic rings. The Balaban J connectivity index is -0.000000102. The van der Waals surface area contributed by atoms with Gasteiger partial charge in [0.15, 0.2) is 0 Å². The first-order chi connectivity index (χ1) is 15.5.